The lowest BCUT2D eigenvalue weighted by Gasteiger charge is -2.23. The molecule has 1 amide bonds. The van der Waals surface area contributed by atoms with Crippen LogP contribution >= 0.6 is 0 Å². The number of ether oxygens (including phenoxy) is 1. The molecule has 0 saturated carbocycles. The van der Waals surface area contributed by atoms with E-state index in [1.54, 1.807) is 24.1 Å². The average Bonchev–Trinajstić information content (AvgIpc) is 2.85. The van der Waals surface area contributed by atoms with Crippen molar-refractivity contribution in [2.45, 2.75) is 75.9 Å². The van der Waals surface area contributed by atoms with Crippen molar-refractivity contribution < 1.29 is 35.3 Å². The number of carbonyl (C=O) groups excluding carboxylic acids is 1. The quantitative estimate of drug-likeness (QED) is 0.176. The molecule has 0 aromatic heterocycles. The highest BCUT2D eigenvalue weighted by Gasteiger charge is 2.32. The number of alkyl halides is 3. The molecule has 0 radical (unpaired) electrons. The van der Waals surface area contributed by atoms with Gasteiger partial charge < -0.3 is 13.8 Å². The molecule has 0 heterocycles. The Balaban J connectivity index is 2.04. The Hall–Kier alpha value is -2.59. The van der Waals surface area contributed by atoms with E-state index < -0.39 is 26.8 Å². The van der Waals surface area contributed by atoms with Gasteiger partial charge in [-0.25, -0.2) is 0 Å². The van der Waals surface area contributed by atoms with E-state index in [9.17, 15) is 26.4 Å². The minimum Gasteiger partial charge on any atom is -0.383 e. The van der Waals surface area contributed by atoms with E-state index in [1.807, 2.05) is 0 Å². The first-order valence-corrected chi connectivity index (χ1v) is 13.9. The second-order valence-electron chi connectivity index (χ2n) is 8.89. The molecule has 2 aromatic carbocycles. The van der Waals surface area contributed by atoms with Gasteiger partial charge in [-0.2, -0.15) is 21.6 Å². The minimum atomic E-state index is -4.68. The van der Waals surface area contributed by atoms with Crippen LogP contribution in [0.3, 0.4) is 0 Å². The van der Waals surface area contributed by atoms with Crippen molar-refractivity contribution in [3.63, 3.8) is 0 Å². The molecule has 206 valence electrons. The molecule has 0 N–H and O–H groups in total. The number of nitrogens with zero attached hydrogens (tertiary/aromatic N) is 1. The van der Waals surface area contributed by atoms with Crippen molar-refractivity contribution in [3.05, 3.63) is 59.7 Å². The maximum absolute atomic E-state index is 13.0. The van der Waals surface area contributed by atoms with Gasteiger partial charge >= 0.3 is 16.3 Å². The predicted octanol–water partition coefficient (Wildman–Crippen LogP) is 6.59. The molecular weight excluding hydrogens is 507 g/mol. The Bertz CT molecular complexity index is 1090. The number of benzene rings is 2. The standard InChI is InChI=1S/C27H36F3NO5S/c1-3-4-5-6-7-8-9-16-26(32)31(17-18-35-2)21-22-12-10-14-24(19-22)36-37(33,34)25-15-11-13-23(20-25)27(28,29)30/h10-15,19-20H,3-9,16-18,21H2,1-2H3. The van der Waals surface area contributed by atoms with Gasteiger partial charge in [0.1, 0.15) is 10.6 Å². The van der Waals surface area contributed by atoms with Crippen LogP contribution in [0.1, 0.15) is 69.4 Å². The number of methoxy groups -OCH3 is 1. The van der Waals surface area contributed by atoms with Crippen LogP contribution in [0, 0.1) is 0 Å². The summed E-state index contributed by atoms with van der Waals surface area (Å²) in [6.07, 6.45) is 3.43. The second kappa shape index (κ2) is 15.0. The highest BCUT2D eigenvalue weighted by molar-refractivity contribution is 7.87. The van der Waals surface area contributed by atoms with Crippen LogP contribution in [0.4, 0.5) is 13.2 Å². The third-order valence-electron chi connectivity index (χ3n) is 5.84. The SMILES string of the molecule is CCCCCCCCCC(=O)N(CCOC)Cc1cccc(OS(=O)(=O)c2cccc(C(F)(F)F)c2)c1. The molecule has 0 aliphatic carbocycles. The van der Waals surface area contributed by atoms with Crippen LogP contribution in [-0.4, -0.2) is 39.5 Å². The summed E-state index contributed by atoms with van der Waals surface area (Å²) in [5.41, 5.74) is -0.458. The van der Waals surface area contributed by atoms with Crippen molar-refractivity contribution in [3.8, 4) is 5.75 Å². The number of rotatable bonds is 16. The third kappa shape index (κ3) is 10.7. The molecule has 2 rings (SSSR count). The molecule has 2 aromatic rings. The van der Waals surface area contributed by atoms with E-state index in [4.69, 9.17) is 8.92 Å². The Labute approximate surface area is 217 Å². The largest absolute Gasteiger partial charge is 0.416 e. The minimum absolute atomic E-state index is 0.0199. The number of carbonyl (C=O) groups is 1. The monoisotopic (exact) mass is 543 g/mol. The van der Waals surface area contributed by atoms with Crippen molar-refractivity contribution in [2.75, 3.05) is 20.3 Å². The first kappa shape index (κ1) is 30.6. The molecular formula is C27H36F3NO5S. The van der Waals surface area contributed by atoms with Crippen LogP contribution in [-0.2, 0) is 32.4 Å². The second-order valence-corrected chi connectivity index (χ2v) is 10.4. The number of unbranched alkanes of at least 4 members (excludes halogenated alkanes) is 6. The van der Waals surface area contributed by atoms with Crippen molar-refractivity contribution in [2.24, 2.45) is 0 Å². The summed E-state index contributed by atoms with van der Waals surface area (Å²) in [6.45, 7) is 3.12. The van der Waals surface area contributed by atoms with Gasteiger partial charge in [0.15, 0.2) is 0 Å². The lowest BCUT2D eigenvalue weighted by atomic mass is 10.1. The number of hydrogen-bond acceptors (Lipinski definition) is 5. The van der Waals surface area contributed by atoms with Crippen molar-refractivity contribution in [1.82, 2.24) is 4.90 Å². The Morgan fingerprint density at radius 1 is 0.946 bits per heavy atom. The molecule has 6 nitrogen and oxygen atoms in total. The van der Waals surface area contributed by atoms with E-state index in [0.717, 1.165) is 37.5 Å². The average molecular weight is 544 g/mol. The summed E-state index contributed by atoms with van der Waals surface area (Å²) in [5.74, 6) is -0.0744. The summed E-state index contributed by atoms with van der Waals surface area (Å²) in [4.78, 5) is 13.9. The van der Waals surface area contributed by atoms with Crippen LogP contribution in [0.25, 0.3) is 0 Å². The van der Waals surface area contributed by atoms with E-state index in [1.165, 1.54) is 37.8 Å². The summed E-state index contributed by atoms with van der Waals surface area (Å²) < 4.78 is 74.5. The van der Waals surface area contributed by atoms with Crippen LogP contribution in [0.2, 0.25) is 0 Å². The number of hydrogen-bond donors (Lipinski definition) is 0. The zero-order valence-electron chi connectivity index (χ0n) is 21.4. The number of amides is 1. The Morgan fingerprint density at radius 2 is 1.62 bits per heavy atom. The summed E-state index contributed by atoms with van der Waals surface area (Å²) in [5, 5.41) is 0. The first-order valence-electron chi connectivity index (χ1n) is 12.5. The van der Waals surface area contributed by atoms with E-state index >= 15 is 0 Å². The zero-order valence-corrected chi connectivity index (χ0v) is 22.2. The molecule has 0 aliphatic rings. The number of halogens is 3. The summed E-state index contributed by atoms with van der Waals surface area (Å²) in [6, 6.07) is 9.54. The van der Waals surface area contributed by atoms with Crippen LogP contribution in [0.5, 0.6) is 5.75 Å². The smallest absolute Gasteiger partial charge is 0.383 e. The fourth-order valence-corrected chi connectivity index (χ4v) is 4.77. The molecule has 0 spiro atoms. The van der Waals surface area contributed by atoms with Gasteiger partial charge in [-0.15, -0.1) is 0 Å². The first-order chi connectivity index (χ1) is 17.6. The molecule has 0 fully saturated rings. The Morgan fingerprint density at radius 3 is 2.30 bits per heavy atom. The van der Waals surface area contributed by atoms with E-state index in [-0.39, 0.29) is 18.2 Å². The lowest BCUT2D eigenvalue weighted by Crippen LogP contribution is -2.33. The van der Waals surface area contributed by atoms with E-state index in [2.05, 4.69) is 6.92 Å². The molecule has 0 atom stereocenters. The molecule has 10 heteroatoms. The fourth-order valence-electron chi connectivity index (χ4n) is 3.80. The van der Waals surface area contributed by atoms with Crippen LogP contribution in [0.15, 0.2) is 53.4 Å². The summed E-state index contributed by atoms with van der Waals surface area (Å²) >= 11 is 0. The maximum Gasteiger partial charge on any atom is 0.416 e. The van der Waals surface area contributed by atoms with Gasteiger partial charge in [-0.1, -0.05) is 63.6 Å². The van der Waals surface area contributed by atoms with Crippen molar-refractivity contribution >= 4 is 16.0 Å². The molecule has 0 aliphatic heterocycles. The van der Waals surface area contributed by atoms with Gasteiger partial charge in [0.25, 0.3) is 0 Å². The van der Waals surface area contributed by atoms with E-state index in [0.29, 0.717) is 31.2 Å². The summed E-state index contributed by atoms with van der Waals surface area (Å²) in [7, 11) is -2.95. The lowest BCUT2D eigenvalue weighted by molar-refractivity contribution is -0.137. The highest BCUT2D eigenvalue weighted by atomic mass is 32.2. The van der Waals surface area contributed by atoms with Crippen molar-refractivity contribution in [1.29, 1.82) is 0 Å². The highest BCUT2D eigenvalue weighted by Crippen LogP contribution is 2.31. The van der Waals surface area contributed by atoms with Gasteiger partial charge in [-0.05, 0) is 42.3 Å². The van der Waals surface area contributed by atoms with Gasteiger partial charge in [-0.3, -0.25) is 4.79 Å². The van der Waals surface area contributed by atoms with Gasteiger partial charge in [0, 0.05) is 26.6 Å². The third-order valence-corrected chi connectivity index (χ3v) is 7.08. The molecule has 0 unspecified atom stereocenters. The van der Waals surface area contributed by atoms with Gasteiger partial charge in [0.05, 0.1) is 12.2 Å². The normalized spacial score (nSPS) is 11.9. The molecule has 0 bridgehead atoms. The fraction of sp³-hybridized carbons (Fsp3) is 0.519. The maximum atomic E-state index is 13.0. The topological polar surface area (TPSA) is 72.9 Å². The molecule has 37 heavy (non-hydrogen) atoms. The molecule has 0 saturated heterocycles. The predicted molar refractivity (Wildman–Crippen MR) is 136 cm³/mol. The van der Waals surface area contributed by atoms with Crippen LogP contribution < -0.4 is 4.18 Å². The van der Waals surface area contributed by atoms with Gasteiger partial charge in [0.2, 0.25) is 5.91 Å². The Kier molecular flexibility index (Phi) is 12.4. The zero-order chi connectivity index (χ0) is 27.3.